The molecule has 0 bridgehead atoms. The summed E-state index contributed by atoms with van der Waals surface area (Å²) in [6, 6.07) is 4.22. The third-order valence-electron chi connectivity index (χ3n) is 3.25. The summed E-state index contributed by atoms with van der Waals surface area (Å²) in [4.78, 5) is 4.18. The SMILES string of the molecule is CC(c1cccnc1)C1CCCNC1. The van der Waals surface area contributed by atoms with Crippen molar-refractivity contribution >= 4 is 0 Å². The van der Waals surface area contributed by atoms with Gasteiger partial charge in [-0.2, -0.15) is 0 Å². The molecule has 1 aliphatic rings. The van der Waals surface area contributed by atoms with Gasteiger partial charge < -0.3 is 5.32 Å². The smallest absolute Gasteiger partial charge is 0.0302 e. The number of pyridine rings is 1. The predicted molar refractivity (Wildman–Crippen MR) is 58.2 cm³/mol. The van der Waals surface area contributed by atoms with Gasteiger partial charge in [0, 0.05) is 12.4 Å². The maximum Gasteiger partial charge on any atom is 0.0302 e. The fraction of sp³-hybridized carbons (Fsp3) is 0.583. The maximum absolute atomic E-state index is 4.18. The van der Waals surface area contributed by atoms with Crippen LogP contribution in [-0.4, -0.2) is 18.1 Å². The fourth-order valence-corrected chi connectivity index (χ4v) is 2.22. The Labute approximate surface area is 85.7 Å². The van der Waals surface area contributed by atoms with Crippen molar-refractivity contribution in [3.8, 4) is 0 Å². The van der Waals surface area contributed by atoms with Crippen LogP contribution in [0.3, 0.4) is 0 Å². The van der Waals surface area contributed by atoms with E-state index in [1.807, 2.05) is 18.5 Å². The first-order valence-corrected chi connectivity index (χ1v) is 5.48. The lowest BCUT2D eigenvalue weighted by atomic mass is 9.83. The van der Waals surface area contributed by atoms with Gasteiger partial charge in [0.05, 0.1) is 0 Å². The van der Waals surface area contributed by atoms with Crippen molar-refractivity contribution in [2.75, 3.05) is 13.1 Å². The fourth-order valence-electron chi connectivity index (χ4n) is 2.22. The monoisotopic (exact) mass is 190 g/mol. The maximum atomic E-state index is 4.18. The number of hydrogen-bond donors (Lipinski definition) is 1. The van der Waals surface area contributed by atoms with E-state index in [1.54, 1.807) is 0 Å². The normalized spacial score (nSPS) is 24.5. The molecule has 14 heavy (non-hydrogen) atoms. The zero-order valence-corrected chi connectivity index (χ0v) is 8.74. The molecular weight excluding hydrogens is 172 g/mol. The lowest BCUT2D eigenvalue weighted by Crippen LogP contribution is -2.32. The van der Waals surface area contributed by atoms with Gasteiger partial charge in [-0.05, 0) is 49.4 Å². The van der Waals surface area contributed by atoms with Crippen molar-refractivity contribution < 1.29 is 0 Å². The Morgan fingerprint density at radius 3 is 3.14 bits per heavy atom. The average molecular weight is 190 g/mol. The van der Waals surface area contributed by atoms with Crippen molar-refractivity contribution in [1.29, 1.82) is 0 Å². The molecule has 2 rings (SSSR count). The topological polar surface area (TPSA) is 24.9 Å². The highest BCUT2D eigenvalue weighted by atomic mass is 14.9. The van der Waals surface area contributed by atoms with Crippen molar-refractivity contribution in [1.82, 2.24) is 10.3 Å². The number of piperidine rings is 1. The number of nitrogens with zero attached hydrogens (tertiary/aromatic N) is 1. The number of rotatable bonds is 2. The Morgan fingerprint density at radius 2 is 2.50 bits per heavy atom. The molecule has 2 heteroatoms. The van der Waals surface area contributed by atoms with Crippen LogP contribution in [0.15, 0.2) is 24.5 Å². The Morgan fingerprint density at radius 1 is 1.57 bits per heavy atom. The summed E-state index contributed by atoms with van der Waals surface area (Å²) in [6.45, 7) is 4.67. The van der Waals surface area contributed by atoms with Crippen LogP contribution in [-0.2, 0) is 0 Å². The Kier molecular flexibility index (Phi) is 3.14. The zero-order valence-electron chi connectivity index (χ0n) is 8.74. The molecule has 2 atom stereocenters. The second kappa shape index (κ2) is 4.56. The predicted octanol–water partition coefficient (Wildman–Crippen LogP) is 2.18. The van der Waals surface area contributed by atoms with E-state index in [9.17, 15) is 0 Å². The highest BCUT2D eigenvalue weighted by Gasteiger charge is 2.20. The summed E-state index contributed by atoms with van der Waals surface area (Å²) in [5, 5.41) is 3.47. The van der Waals surface area contributed by atoms with Crippen LogP contribution >= 0.6 is 0 Å². The molecule has 1 aromatic heterocycles. The van der Waals surface area contributed by atoms with Gasteiger partial charge in [0.15, 0.2) is 0 Å². The van der Waals surface area contributed by atoms with Crippen LogP contribution in [0.25, 0.3) is 0 Å². The molecular formula is C12H18N2. The molecule has 1 fully saturated rings. The van der Waals surface area contributed by atoms with E-state index in [4.69, 9.17) is 0 Å². The largest absolute Gasteiger partial charge is 0.316 e. The molecule has 0 amide bonds. The van der Waals surface area contributed by atoms with Gasteiger partial charge in [-0.1, -0.05) is 13.0 Å². The van der Waals surface area contributed by atoms with E-state index in [2.05, 4.69) is 23.3 Å². The highest BCUT2D eigenvalue weighted by molar-refractivity contribution is 5.15. The van der Waals surface area contributed by atoms with Crippen LogP contribution in [0.1, 0.15) is 31.2 Å². The van der Waals surface area contributed by atoms with Crippen LogP contribution in [0, 0.1) is 5.92 Å². The summed E-state index contributed by atoms with van der Waals surface area (Å²) in [5.41, 5.74) is 1.38. The number of hydrogen-bond acceptors (Lipinski definition) is 2. The minimum atomic E-state index is 0.636. The van der Waals surface area contributed by atoms with Gasteiger partial charge in [-0.15, -0.1) is 0 Å². The van der Waals surface area contributed by atoms with E-state index < -0.39 is 0 Å². The zero-order chi connectivity index (χ0) is 9.80. The molecule has 0 saturated carbocycles. The second-order valence-corrected chi connectivity index (χ2v) is 4.18. The van der Waals surface area contributed by atoms with Crippen LogP contribution < -0.4 is 5.32 Å². The van der Waals surface area contributed by atoms with E-state index in [0.29, 0.717) is 5.92 Å². The van der Waals surface area contributed by atoms with Crippen molar-refractivity contribution in [2.24, 2.45) is 5.92 Å². The molecule has 76 valence electrons. The molecule has 0 spiro atoms. The Hall–Kier alpha value is -0.890. The Balaban J connectivity index is 2.03. The van der Waals surface area contributed by atoms with E-state index >= 15 is 0 Å². The number of nitrogens with one attached hydrogen (secondary N) is 1. The summed E-state index contributed by atoms with van der Waals surface area (Å²) in [6.07, 6.45) is 6.51. The molecule has 2 heterocycles. The minimum Gasteiger partial charge on any atom is -0.316 e. The van der Waals surface area contributed by atoms with Gasteiger partial charge >= 0.3 is 0 Å². The first-order chi connectivity index (χ1) is 6.88. The van der Waals surface area contributed by atoms with Gasteiger partial charge in [-0.25, -0.2) is 0 Å². The average Bonchev–Trinajstić information content (AvgIpc) is 2.30. The van der Waals surface area contributed by atoms with Crippen molar-refractivity contribution in [3.63, 3.8) is 0 Å². The molecule has 1 aliphatic heterocycles. The highest BCUT2D eigenvalue weighted by Crippen LogP contribution is 2.28. The van der Waals surface area contributed by atoms with E-state index in [1.165, 1.54) is 24.9 Å². The van der Waals surface area contributed by atoms with Crippen LogP contribution in [0.4, 0.5) is 0 Å². The van der Waals surface area contributed by atoms with Gasteiger partial charge in [0.1, 0.15) is 0 Å². The molecule has 1 saturated heterocycles. The lowest BCUT2D eigenvalue weighted by Gasteiger charge is -2.28. The Bertz CT molecular complexity index is 265. The number of aromatic nitrogens is 1. The molecule has 2 unspecified atom stereocenters. The van der Waals surface area contributed by atoms with Gasteiger partial charge in [-0.3, -0.25) is 4.98 Å². The van der Waals surface area contributed by atoms with Crippen LogP contribution in [0.5, 0.6) is 0 Å². The summed E-state index contributed by atoms with van der Waals surface area (Å²) in [7, 11) is 0. The molecule has 0 aliphatic carbocycles. The molecule has 0 radical (unpaired) electrons. The minimum absolute atomic E-state index is 0.636. The summed E-state index contributed by atoms with van der Waals surface area (Å²) < 4.78 is 0. The molecule has 0 aromatic carbocycles. The van der Waals surface area contributed by atoms with Gasteiger partial charge in [0.2, 0.25) is 0 Å². The summed E-state index contributed by atoms with van der Waals surface area (Å²) >= 11 is 0. The van der Waals surface area contributed by atoms with E-state index in [0.717, 1.165) is 12.5 Å². The van der Waals surface area contributed by atoms with Crippen LogP contribution in [0.2, 0.25) is 0 Å². The quantitative estimate of drug-likeness (QED) is 0.773. The lowest BCUT2D eigenvalue weighted by molar-refractivity contribution is 0.334. The second-order valence-electron chi connectivity index (χ2n) is 4.18. The molecule has 1 aromatic rings. The van der Waals surface area contributed by atoms with Crippen molar-refractivity contribution in [3.05, 3.63) is 30.1 Å². The first kappa shape index (κ1) is 9.66. The van der Waals surface area contributed by atoms with Gasteiger partial charge in [0.25, 0.3) is 0 Å². The summed E-state index contributed by atoms with van der Waals surface area (Å²) in [5.74, 6) is 1.42. The third kappa shape index (κ3) is 2.13. The molecule has 1 N–H and O–H groups in total. The first-order valence-electron chi connectivity index (χ1n) is 5.48. The standard InChI is InChI=1S/C12H18N2/c1-10(11-4-2-6-13-8-11)12-5-3-7-14-9-12/h2,4,6,8,10,12,14H,3,5,7,9H2,1H3. The molecule has 2 nitrogen and oxygen atoms in total. The van der Waals surface area contributed by atoms with E-state index in [-0.39, 0.29) is 0 Å². The third-order valence-corrected chi connectivity index (χ3v) is 3.25. The van der Waals surface area contributed by atoms with Crippen molar-refractivity contribution in [2.45, 2.75) is 25.7 Å².